The quantitative estimate of drug-likeness (QED) is 0.369. The van der Waals surface area contributed by atoms with Crippen LogP contribution >= 0.6 is 0 Å². The predicted molar refractivity (Wildman–Crippen MR) is 112 cm³/mol. The molecule has 1 aromatic carbocycles. The number of ether oxygens (including phenoxy) is 3. The maximum Gasteiger partial charge on any atom is 0.337 e. The summed E-state index contributed by atoms with van der Waals surface area (Å²) in [4.78, 5) is 18.6. The molecule has 0 radical (unpaired) electrons. The molecule has 29 heavy (non-hydrogen) atoms. The molecule has 3 heterocycles. The largest absolute Gasteiger partial charge is 0.504 e. The summed E-state index contributed by atoms with van der Waals surface area (Å²) in [6, 6.07) is 6.33. The second-order valence-corrected chi connectivity index (χ2v) is 7.59. The van der Waals surface area contributed by atoms with Crippen LogP contribution in [0.3, 0.4) is 0 Å². The second kappa shape index (κ2) is 7.95. The summed E-state index contributed by atoms with van der Waals surface area (Å²) >= 11 is 0. The zero-order valence-electron chi connectivity index (χ0n) is 17.5. The molecule has 0 aliphatic carbocycles. The zero-order valence-corrected chi connectivity index (χ0v) is 17.5. The van der Waals surface area contributed by atoms with Gasteiger partial charge in [-0.25, -0.2) is 4.79 Å². The standard InChI is InChI=1S/C23H28N2O4/c1-5-14-12-25-10-9-15-21-18(7-6-8-20(21)28-3)24-22(15)19(25)11-16(14)17(13-27-2)23(26)29-4/h5-8,13,16,19,24H,9-12H2,1-4H3/b14-5+,17-13+/t16-,19-/m0/s1. The smallest absolute Gasteiger partial charge is 0.337 e. The Balaban J connectivity index is 1.78. The van der Waals surface area contributed by atoms with Crippen molar-refractivity contribution >= 4 is 16.9 Å². The van der Waals surface area contributed by atoms with Crippen LogP contribution in [0.5, 0.6) is 5.75 Å². The van der Waals surface area contributed by atoms with Crippen molar-refractivity contribution in [2.75, 3.05) is 34.4 Å². The summed E-state index contributed by atoms with van der Waals surface area (Å²) in [5.41, 5.74) is 5.47. The molecule has 6 heteroatoms. The zero-order chi connectivity index (χ0) is 20.5. The van der Waals surface area contributed by atoms with Gasteiger partial charge >= 0.3 is 5.97 Å². The first-order valence-electron chi connectivity index (χ1n) is 10.0. The minimum atomic E-state index is -0.334. The number of hydrogen-bond acceptors (Lipinski definition) is 5. The molecule has 1 fully saturated rings. The monoisotopic (exact) mass is 396 g/mol. The van der Waals surface area contributed by atoms with Crippen LogP contribution in [-0.4, -0.2) is 50.3 Å². The number of fused-ring (bicyclic) bond motifs is 5. The van der Waals surface area contributed by atoms with E-state index in [-0.39, 0.29) is 17.9 Å². The highest BCUT2D eigenvalue weighted by atomic mass is 16.5. The maximum absolute atomic E-state index is 12.5. The van der Waals surface area contributed by atoms with Crippen LogP contribution in [0.25, 0.3) is 10.9 Å². The summed E-state index contributed by atoms with van der Waals surface area (Å²) in [6.07, 6.45) is 5.43. The number of hydrogen-bond donors (Lipinski definition) is 1. The first-order chi connectivity index (χ1) is 14.1. The third-order valence-corrected chi connectivity index (χ3v) is 6.27. The molecule has 4 rings (SSSR count). The van der Waals surface area contributed by atoms with Crippen molar-refractivity contribution in [2.45, 2.75) is 25.8 Å². The second-order valence-electron chi connectivity index (χ2n) is 7.59. The molecule has 2 aromatic rings. The topological polar surface area (TPSA) is 63.8 Å². The van der Waals surface area contributed by atoms with E-state index in [0.29, 0.717) is 5.57 Å². The molecule has 2 aliphatic rings. The highest BCUT2D eigenvalue weighted by Gasteiger charge is 2.40. The molecule has 0 bridgehead atoms. The van der Waals surface area contributed by atoms with Crippen LogP contribution in [-0.2, 0) is 20.7 Å². The number of nitrogens with zero attached hydrogens (tertiary/aromatic N) is 1. The number of piperidine rings is 1. The van der Waals surface area contributed by atoms with Crippen LogP contribution in [0.1, 0.15) is 30.6 Å². The van der Waals surface area contributed by atoms with Gasteiger partial charge in [-0.15, -0.1) is 0 Å². The lowest BCUT2D eigenvalue weighted by atomic mass is 9.78. The average molecular weight is 396 g/mol. The van der Waals surface area contributed by atoms with Crippen LogP contribution in [0.15, 0.2) is 41.7 Å². The number of carbonyl (C=O) groups is 1. The highest BCUT2D eigenvalue weighted by Crippen LogP contribution is 2.46. The molecule has 0 amide bonds. The Morgan fingerprint density at radius 3 is 2.79 bits per heavy atom. The first kappa shape index (κ1) is 19.6. The lowest BCUT2D eigenvalue weighted by molar-refractivity contribution is -0.137. The van der Waals surface area contributed by atoms with Gasteiger partial charge in [-0.2, -0.15) is 0 Å². The number of benzene rings is 1. The first-order valence-corrected chi connectivity index (χ1v) is 10.0. The third-order valence-electron chi connectivity index (χ3n) is 6.27. The van der Waals surface area contributed by atoms with Gasteiger partial charge in [0.25, 0.3) is 0 Å². The van der Waals surface area contributed by atoms with Crippen molar-refractivity contribution in [3.05, 3.63) is 52.9 Å². The van der Waals surface area contributed by atoms with Gasteiger partial charge in [-0.05, 0) is 37.5 Å². The molecule has 0 spiro atoms. The summed E-state index contributed by atoms with van der Waals surface area (Å²) < 4.78 is 15.9. The predicted octanol–water partition coefficient (Wildman–Crippen LogP) is 3.75. The number of carbonyl (C=O) groups excluding carboxylic acids is 1. The normalized spacial score (nSPS) is 23.6. The van der Waals surface area contributed by atoms with E-state index in [0.717, 1.165) is 37.2 Å². The molecule has 6 nitrogen and oxygen atoms in total. The van der Waals surface area contributed by atoms with Gasteiger partial charge < -0.3 is 19.2 Å². The van der Waals surface area contributed by atoms with E-state index < -0.39 is 0 Å². The Bertz CT molecular complexity index is 988. The molecule has 2 atom stereocenters. The van der Waals surface area contributed by atoms with E-state index in [2.05, 4.69) is 22.0 Å². The Morgan fingerprint density at radius 1 is 1.28 bits per heavy atom. The fourth-order valence-corrected chi connectivity index (χ4v) is 4.92. The fraction of sp³-hybridized carbons (Fsp3) is 0.435. The molecule has 1 aromatic heterocycles. The van der Waals surface area contributed by atoms with Gasteiger partial charge in [0.1, 0.15) is 5.75 Å². The molecule has 2 aliphatic heterocycles. The molecular formula is C23H28N2O4. The van der Waals surface area contributed by atoms with Crippen LogP contribution < -0.4 is 4.74 Å². The lowest BCUT2D eigenvalue weighted by Crippen LogP contribution is -2.43. The molecule has 0 unspecified atom stereocenters. The Labute approximate surface area is 171 Å². The van der Waals surface area contributed by atoms with Gasteiger partial charge in [0.2, 0.25) is 0 Å². The number of aromatic amines is 1. The number of allylic oxidation sites excluding steroid dienone is 1. The van der Waals surface area contributed by atoms with Crippen molar-refractivity contribution in [1.82, 2.24) is 9.88 Å². The van der Waals surface area contributed by atoms with Crippen molar-refractivity contribution < 1.29 is 19.0 Å². The van der Waals surface area contributed by atoms with E-state index >= 15 is 0 Å². The Kier molecular flexibility index (Phi) is 5.37. The van der Waals surface area contributed by atoms with E-state index in [4.69, 9.17) is 14.2 Å². The number of esters is 1. The van der Waals surface area contributed by atoms with Crippen LogP contribution in [0.4, 0.5) is 0 Å². The molecular weight excluding hydrogens is 368 g/mol. The van der Waals surface area contributed by atoms with E-state index in [1.807, 2.05) is 19.1 Å². The number of nitrogens with one attached hydrogen (secondary N) is 1. The summed E-state index contributed by atoms with van der Waals surface area (Å²) in [5, 5.41) is 1.18. The van der Waals surface area contributed by atoms with Crippen molar-refractivity contribution in [2.24, 2.45) is 5.92 Å². The van der Waals surface area contributed by atoms with E-state index in [1.54, 1.807) is 14.2 Å². The third kappa shape index (κ3) is 3.21. The van der Waals surface area contributed by atoms with E-state index in [9.17, 15) is 4.79 Å². The summed E-state index contributed by atoms with van der Waals surface area (Å²) in [6.45, 7) is 3.84. The fourth-order valence-electron chi connectivity index (χ4n) is 4.92. The van der Waals surface area contributed by atoms with Crippen molar-refractivity contribution in [1.29, 1.82) is 0 Å². The summed E-state index contributed by atoms with van der Waals surface area (Å²) in [7, 11) is 4.70. The number of H-pyrrole nitrogens is 1. The molecule has 1 N–H and O–H groups in total. The van der Waals surface area contributed by atoms with Crippen LogP contribution in [0, 0.1) is 5.92 Å². The van der Waals surface area contributed by atoms with Crippen LogP contribution in [0.2, 0.25) is 0 Å². The molecule has 1 saturated heterocycles. The minimum absolute atomic E-state index is 0.0343. The van der Waals surface area contributed by atoms with Crippen molar-refractivity contribution in [3.8, 4) is 5.75 Å². The minimum Gasteiger partial charge on any atom is -0.504 e. The van der Waals surface area contributed by atoms with Gasteiger partial charge in [-0.3, -0.25) is 4.90 Å². The van der Waals surface area contributed by atoms with Gasteiger partial charge in [-0.1, -0.05) is 17.7 Å². The molecule has 0 saturated carbocycles. The number of methoxy groups -OCH3 is 3. The van der Waals surface area contributed by atoms with Gasteiger partial charge in [0.05, 0.1) is 39.2 Å². The maximum atomic E-state index is 12.5. The number of aromatic nitrogens is 1. The Hall–Kier alpha value is -2.73. The average Bonchev–Trinajstić information content (AvgIpc) is 3.15. The molecule has 154 valence electrons. The van der Waals surface area contributed by atoms with Gasteiger partial charge in [0, 0.05) is 35.6 Å². The van der Waals surface area contributed by atoms with E-state index in [1.165, 1.54) is 35.6 Å². The SMILES string of the molecule is C/C=C1\CN2CCc3c([nH]c4cccc(OC)c34)[C@@H]2C[C@@H]1/C(=C\OC)C(=O)OC. The van der Waals surface area contributed by atoms with Crippen molar-refractivity contribution in [3.63, 3.8) is 0 Å². The summed E-state index contributed by atoms with van der Waals surface area (Å²) in [5.74, 6) is 0.538. The lowest BCUT2D eigenvalue weighted by Gasteiger charge is -2.44. The van der Waals surface area contributed by atoms with Gasteiger partial charge in [0.15, 0.2) is 0 Å². The Morgan fingerprint density at radius 2 is 2.10 bits per heavy atom. The highest BCUT2D eigenvalue weighted by molar-refractivity contribution is 5.91. The number of rotatable bonds is 4.